The van der Waals surface area contributed by atoms with Crippen LogP contribution in [0.4, 0.5) is 5.69 Å². The Balaban J connectivity index is 1.83. The van der Waals surface area contributed by atoms with Crippen LogP contribution in [0.3, 0.4) is 0 Å². The van der Waals surface area contributed by atoms with E-state index in [4.69, 9.17) is 0 Å². The fraction of sp³-hybridized carbons (Fsp3) is 0.250. The summed E-state index contributed by atoms with van der Waals surface area (Å²) in [5.74, 6) is -0.144. The van der Waals surface area contributed by atoms with Gasteiger partial charge >= 0.3 is 0 Å². The van der Waals surface area contributed by atoms with Crippen LogP contribution in [0.2, 0.25) is 0 Å². The van der Waals surface area contributed by atoms with E-state index in [-0.39, 0.29) is 16.8 Å². The third kappa shape index (κ3) is 4.45. The van der Waals surface area contributed by atoms with Gasteiger partial charge < -0.3 is 4.90 Å². The lowest BCUT2D eigenvalue weighted by molar-refractivity contribution is 0.0980. The topological polar surface area (TPSA) is 85.2 Å². The zero-order valence-electron chi connectivity index (χ0n) is 16.0. The van der Waals surface area contributed by atoms with Crippen LogP contribution >= 0.6 is 0 Å². The van der Waals surface area contributed by atoms with Crippen LogP contribution < -0.4 is 4.90 Å². The first-order valence-electron chi connectivity index (χ1n) is 8.81. The molecule has 1 aromatic heterocycles. The van der Waals surface area contributed by atoms with Gasteiger partial charge in [0.15, 0.2) is 9.84 Å². The normalized spacial score (nSPS) is 11.6. The van der Waals surface area contributed by atoms with Gasteiger partial charge in [-0.1, -0.05) is 12.1 Å². The maximum absolute atomic E-state index is 13.1. The van der Waals surface area contributed by atoms with Crippen molar-refractivity contribution in [2.75, 3.05) is 11.2 Å². The molecule has 0 saturated carbocycles. The van der Waals surface area contributed by atoms with Gasteiger partial charge in [-0.3, -0.25) is 4.79 Å². The summed E-state index contributed by atoms with van der Waals surface area (Å²) < 4.78 is 25.0. The fourth-order valence-corrected chi connectivity index (χ4v) is 3.53. The van der Waals surface area contributed by atoms with Crippen LogP contribution in [-0.2, 0) is 16.4 Å². The van der Waals surface area contributed by atoms with Crippen molar-refractivity contribution in [2.45, 2.75) is 31.3 Å². The van der Waals surface area contributed by atoms with Crippen molar-refractivity contribution in [3.8, 4) is 0 Å². The molecular weight excluding hydrogens is 376 g/mol. The van der Waals surface area contributed by atoms with Gasteiger partial charge in [0, 0.05) is 23.5 Å². The summed E-state index contributed by atoms with van der Waals surface area (Å²) >= 11 is 0. The van der Waals surface area contributed by atoms with Gasteiger partial charge in [0.1, 0.15) is 12.7 Å². The molecular formula is C20H22N4O3S. The smallest absolute Gasteiger partial charge is 0.258 e. The predicted molar refractivity (Wildman–Crippen MR) is 107 cm³/mol. The number of rotatable bonds is 6. The van der Waals surface area contributed by atoms with E-state index >= 15 is 0 Å². The average Bonchev–Trinajstić information content (AvgIpc) is 3.15. The minimum absolute atomic E-state index is 0.0913. The summed E-state index contributed by atoms with van der Waals surface area (Å²) in [6.07, 6.45) is 4.28. The van der Waals surface area contributed by atoms with Crippen molar-refractivity contribution in [2.24, 2.45) is 0 Å². The Morgan fingerprint density at radius 3 is 2.21 bits per heavy atom. The second kappa shape index (κ2) is 7.93. The third-order valence-corrected chi connectivity index (χ3v) is 5.42. The van der Waals surface area contributed by atoms with Gasteiger partial charge in [-0.2, -0.15) is 5.10 Å². The number of benzene rings is 2. The van der Waals surface area contributed by atoms with E-state index in [0.717, 1.165) is 11.8 Å². The molecule has 0 radical (unpaired) electrons. The van der Waals surface area contributed by atoms with E-state index in [1.807, 2.05) is 26.0 Å². The second-order valence-corrected chi connectivity index (χ2v) is 8.84. The van der Waals surface area contributed by atoms with Crippen LogP contribution in [0.15, 0.2) is 66.1 Å². The summed E-state index contributed by atoms with van der Waals surface area (Å²) in [6.45, 7) is 4.41. The third-order valence-electron chi connectivity index (χ3n) is 4.29. The molecule has 2 aromatic carbocycles. The number of hydrogen-bond donors (Lipinski definition) is 0. The Morgan fingerprint density at radius 2 is 1.71 bits per heavy atom. The largest absolute Gasteiger partial charge is 0.306 e. The molecule has 1 heterocycles. The Labute approximate surface area is 164 Å². The number of aromatic nitrogens is 3. The molecule has 7 nitrogen and oxygen atoms in total. The highest BCUT2D eigenvalue weighted by molar-refractivity contribution is 7.90. The van der Waals surface area contributed by atoms with Crippen LogP contribution in [0.25, 0.3) is 0 Å². The van der Waals surface area contributed by atoms with E-state index in [1.54, 1.807) is 40.2 Å². The Kier molecular flexibility index (Phi) is 5.60. The Hall–Kier alpha value is -3.00. The maximum Gasteiger partial charge on any atom is 0.258 e. The zero-order chi connectivity index (χ0) is 20.3. The average molecular weight is 398 g/mol. The number of hydrogen-bond acceptors (Lipinski definition) is 5. The number of sulfone groups is 1. The summed E-state index contributed by atoms with van der Waals surface area (Å²) in [4.78, 5) is 18.9. The molecule has 0 N–H and O–H groups in total. The standard InChI is InChI=1S/C20H22N4O3S/c1-15(2)24(18-8-10-19(11-9-18)28(3,26)27)20(25)17-6-4-16(5-7-17)12-23-14-21-13-22-23/h4-11,13-15H,12H2,1-3H3. The van der Waals surface area contributed by atoms with E-state index in [0.29, 0.717) is 17.8 Å². The molecule has 8 heteroatoms. The van der Waals surface area contributed by atoms with Gasteiger partial charge in [-0.05, 0) is 55.8 Å². The first kappa shape index (κ1) is 19.8. The highest BCUT2D eigenvalue weighted by Crippen LogP contribution is 2.22. The van der Waals surface area contributed by atoms with E-state index in [9.17, 15) is 13.2 Å². The number of anilines is 1. The van der Waals surface area contributed by atoms with Crippen molar-refractivity contribution >= 4 is 21.4 Å². The van der Waals surface area contributed by atoms with Crippen molar-refractivity contribution in [3.63, 3.8) is 0 Å². The van der Waals surface area contributed by atoms with Crippen molar-refractivity contribution in [3.05, 3.63) is 72.3 Å². The second-order valence-electron chi connectivity index (χ2n) is 6.82. The molecule has 0 aliphatic heterocycles. The molecule has 0 bridgehead atoms. The Bertz CT molecular complexity index is 1040. The van der Waals surface area contributed by atoms with Gasteiger partial charge in [0.2, 0.25) is 0 Å². The quantitative estimate of drug-likeness (QED) is 0.637. The first-order valence-corrected chi connectivity index (χ1v) is 10.7. The van der Waals surface area contributed by atoms with Gasteiger partial charge in [-0.15, -0.1) is 0 Å². The highest BCUT2D eigenvalue weighted by atomic mass is 32.2. The van der Waals surface area contributed by atoms with Crippen LogP contribution in [0.5, 0.6) is 0 Å². The minimum Gasteiger partial charge on any atom is -0.306 e. The van der Waals surface area contributed by atoms with Gasteiger partial charge in [0.05, 0.1) is 11.4 Å². The van der Waals surface area contributed by atoms with Crippen molar-refractivity contribution in [1.29, 1.82) is 0 Å². The van der Waals surface area contributed by atoms with Crippen LogP contribution in [0.1, 0.15) is 29.8 Å². The van der Waals surface area contributed by atoms with Crippen LogP contribution in [0, 0.1) is 0 Å². The SMILES string of the molecule is CC(C)N(C(=O)c1ccc(Cn2cncn2)cc1)c1ccc(S(C)(=O)=O)cc1. The summed E-state index contributed by atoms with van der Waals surface area (Å²) in [7, 11) is -3.28. The molecule has 0 aliphatic carbocycles. The number of carbonyl (C=O) groups is 1. The lowest BCUT2D eigenvalue weighted by Gasteiger charge is -2.27. The van der Waals surface area contributed by atoms with Crippen LogP contribution in [-0.4, -0.2) is 41.4 Å². The van der Waals surface area contributed by atoms with E-state index < -0.39 is 9.84 Å². The molecule has 0 atom stereocenters. The zero-order valence-corrected chi connectivity index (χ0v) is 16.8. The van der Waals surface area contributed by atoms with E-state index in [2.05, 4.69) is 10.1 Å². The van der Waals surface area contributed by atoms with Gasteiger partial charge in [0.25, 0.3) is 5.91 Å². The monoisotopic (exact) mass is 398 g/mol. The van der Waals surface area contributed by atoms with Crippen molar-refractivity contribution < 1.29 is 13.2 Å². The van der Waals surface area contributed by atoms with Gasteiger partial charge in [-0.25, -0.2) is 18.1 Å². The fourth-order valence-electron chi connectivity index (χ4n) is 2.90. The number of carbonyl (C=O) groups excluding carboxylic acids is 1. The molecule has 28 heavy (non-hydrogen) atoms. The Morgan fingerprint density at radius 1 is 1.07 bits per heavy atom. The van der Waals surface area contributed by atoms with E-state index in [1.165, 1.54) is 18.5 Å². The molecule has 1 amide bonds. The predicted octanol–water partition coefficient (Wildman–Crippen LogP) is 2.79. The molecule has 3 aromatic rings. The highest BCUT2D eigenvalue weighted by Gasteiger charge is 2.21. The molecule has 146 valence electrons. The lowest BCUT2D eigenvalue weighted by atomic mass is 10.1. The molecule has 0 aliphatic rings. The molecule has 0 unspecified atom stereocenters. The molecule has 0 spiro atoms. The summed E-state index contributed by atoms with van der Waals surface area (Å²) in [5, 5.41) is 4.07. The maximum atomic E-state index is 13.1. The summed E-state index contributed by atoms with van der Waals surface area (Å²) in [5.41, 5.74) is 2.22. The number of amides is 1. The number of nitrogens with zero attached hydrogens (tertiary/aromatic N) is 4. The molecule has 0 saturated heterocycles. The lowest BCUT2D eigenvalue weighted by Crippen LogP contribution is -2.37. The minimum atomic E-state index is -3.28. The molecule has 0 fully saturated rings. The summed E-state index contributed by atoms with van der Waals surface area (Å²) in [6, 6.07) is 13.6. The first-order chi connectivity index (χ1) is 13.3. The van der Waals surface area contributed by atoms with Crippen molar-refractivity contribution in [1.82, 2.24) is 14.8 Å². The molecule has 3 rings (SSSR count).